The predicted molar refractivity (Wildman–Crippen MR) is 80.1 cm³/mol. The molecule has 2 heterocycles. The van der Waals surface area contributed by atoms with Crippen LogP contribution in [0.2, 0.25) is 0 Å². The summed E-state index contributed by atoms with van der Waals surface area (Å²) in [6.07, 6.45) is 2.15. The van der Waals surface area contributed by atoms with Gasteiger partial charge >= 0.3 is 5.97 Å². The van der Waals surface area contributed by atoms with E-state index in [1.165, 1.54) is 4.90 Å². The first-order valence-corrected chi connectivity index (χ1v) is 8.94. The van der Waals surface area contributed by atoms with E-state index >= 15 is 0 Å². The van der Waals surface area contributed by atoms with Crippen LogP contribution in [0.15, 0.2) is 18.3 Å². The minimum atomic E-state index is -3.06. The van der Waals surface area contributed by atoms with Crippen molar-refractivity contribution < 1.29 is 22.7 Å². The van der Waals surface area contributed by atoms with Crippen LogP contribution in [0.1, 0.15) is 23.8 Å². The molecule has 0 aromatic carbocycles. The number of hydrogen-bond acceptors (Lipinski definition) is 5. The second-order valence-electron chi connectivity index (χ2n) is 5.32. The van der Waals surface area contributed by atoms with Gasteiger partial charge in [0.2, 0.25) is 0 Å². The van der Waals surface area contributed by atoms with Gasteiger partial charge in [-0.05, 0) is 25.5 Å². The van der Waals surface area contributed by atoms with Crippen molar-refractivity contribution in [1.29, 1.82) is 0 Å². The molecule has 2 rings (SSSR count). The fourth-order valence-corrected chi connectivity index (χ4v) is 4.35. The van der Waals surface area contributed by atoms with E-state index in [2.05, 4.69) is 0 Å². The maximum atomic E-state index is 12.2. The van der Waals surface area contributed by atoms with Gasteiger partial charge in [-0.25, -0.2) is 13.2 Å². The molecule has 1 fully saturated rings. The first-order chi connectivity index (χ1) is 10.3. The van der Waals surface area contributed by atoms with Crippen LogP contribution in [0.5, 0.6) is 0 Å². The Hall–Kier alpha value is -1.83. The van der Waals surface area contributed by atoms with Crippen LogP contribution >= 0.6 is 0 Å². The van der Waals surface area contributed by atoms with Gasteiger partial charge in [0.1, 0.15) is 5.69 Å². The molecule has 8 heteroatoms. The number of nitrogens with zero attached hydrogens (tertiary/aromatic N) is 2. The van der Waals surface area contributed by atoms with Crippen molar-refractivity contribution in [1.82, 2.24) is 9.47 Å². The van der Waals surface area contributed by atoms with Gasteiger partial charge in [-0.3, -0.25) is 4.79 Å². The molecular formula is C14H20N2O5S. The summed E-state index contributed by atoms with van der Waals surface area (Å²) in [6, 6.07) is 2.99. The number of hydrogen-bond donors (Lipinski definition) is 0. The number of sulfone groups is 1. The molecule has 1 aromatic heterocycles. The SMILES string of the molecule is CCN(C(=O)COC(=O)c1cccn1C)[C@H]1CCS(=O)(=O)C1. The lowest BCUT2D eigenvalue weighted by molar-refractivity contribution is -0.136. The minimum Gasteiger partial charge on any atom is -0.451 e. The molecule has 22 heavy (non-hydrogen) atoms. The Morgan fingerprint density at radius 2 is 2.18 bits per heavy atom. The van der Waals surface area contributed by atoms with Crippen LogP contribution in [0.4, 0.5) is 0 Å². The normalized spacial score (nSPS) is 19.8. The van der Waals surface area contributed by atoms with E-state index in [4.69, 9.17) is 4.74 Å². The molecule has 7 nitrogen and oxygen atoms in total. The van der Waals surface area contributed by atoms with Gasteiger partial charge in [0.05, 0.1) is 11.5 Å². The summed E-state index contributed by atoms with van der Waals surface area (Å²) in [5, 5.41) is 0. The molecule has 1 aliphatic heterocycles. The summed E-state index contributed by atoms with van der Waals surface area (Å²) in [6.45, 7) is 1.79. The smallest absolute Gasteiger partial charge is 0.355 e. The summed E-state index contributed by atoms with van der Waals surface area (Å²) in [5.41, 5.74) is 0.360. The van der Waals surface area contributed by atoms with E-state index in [9.17, 15) is 18.0 Å². The van der Waals surface area contributed by atoms with E-state index in [1.54, 1.807) is 36.9 Å². The Bertz CT molecular complexity index is 665. The second kappa shape index (κ2) is 6.51. The van der Waals surface area contributed by atoms with Gasteiger partial charge in [0.15, 0.2) is 16.4 Å². The van der Waals surface area contributed by atoms with Crippen LogP contribution in [0.3, 0.4) is 0 Å². The van der Waals surface area contributed by atoms with Crippen molar-refractivity contribution >= 4 is 21.7 Å². The van der Waals surface area contributed by atoms with E-state index < -0.39 is 15.8 Å². The molecule has 1 aliphatic rings. The maximum absolute atomic E-state index is 12.2. The third-order valence-corrected chi connectivity index (χ3v) is 5.54. The van der Waals surface area contributed by atoms with Gasteiger partial charge in [-0.15, -0.1) is 0 Å². The van der Waals surface area contributed by atoms with Gasteiger partial charge in [-0.1, -0.05) is 0 Å². The van der Waals surface area contributed by atoms with E-state index in [0.29, 0.717) is 18.7 Å². The number of likely N-dealkylation sites (N-methyl/N-ethyl adjacent to an activating group) is 1. The first-order valence-electron chi connectivity index (χ1n) is 7.12. The molecule has 0 bridgehead atoms. The minimum absolute atomic E-state index is 0.0155. The monoisotopic (exact) mass is 328 g/mol. The molecule has 1 aromatic rings. The molecule has 1 atom stereocenters. The summed E-state index contributed by atoms with van der Waals surface area (Å²) < 4.78 is 29.7. The lowest BCUT2D eigenvalue weighted by Crippen LogP contribution is -2.43. The molecule has 0 N–H and O–H groups in total. The standard InChI is InChI=1S/C14H20N2O5S/c1-3-16(11-6-8-22(19,20)10-11)13(17)9-21-14(18)12-5-4-7-15(12)2/h4-5,7,11H,3,6,8-10H2,1-2H3/t11-/m0/s1. The first kappa shape index (κ1) is 16.5. The topological polar surface area (TPSA) is 85.7 Å². The van der Waals surface area contributed by atoms with Crippen molar-refractivity contribution in [2.75, 3.05) is 24.7 Å². The van der Waals surface area contributed by atoms with Gasteiger partial charge in [0, 0.05) is 25.8 Å². The Morgan fingerprint density at radius 1 is 1.45 bits per heavy atom. The highest BCUT2D eigenvalue weighted by molar-refractivity contribution is 7.91. The number of aryl methyl sites for hydroxylation is 1. The van der Waals surface area contributed by atoms with Crippen molar-refractivity contribution in [3.05, 3.63) is 24.0 Å². The van der Waals surface area contributed by atoms with Crippen LogP contribution in [-0.4, -0.2) is 60.5 Å². The van der Waals surface area contributed by atoms with E-state index in [0.717, 1.165) is 0 Å². The van der Waals surface area contributed by atoms with Crippen molar-refractivity contribution in [2.45, 2.75) is 19.4 Å². The van der Waals surface area contributed by atoms with Crippen LogP contribution in [0, 0.1) is 0 Å². The summed E-state index contributed by atoms with van der Waals surface area (Å²) in [4.78, 5) is 25.5. The second-order valence-corrected chi connectivity index (χ2v) is 7.55. The lowest BCUT2D eigenvalue weighted by Gasteiger charge is -2.26. The Balaban J connectivity index is 1.93. The zero-order valence-corrected chi connectivity index (χ0v) is 13.5. The zero-order valence-electron chi connectivity index (χ0n) is 12.7. The highest BCUT2D eigenvalue weighted by Gasteiger charge is 2.34. The van der Waals surface area contributed by atoms with Crippen LogP contribution in [0.25, 0.3) is 0 Å². The molecule has 1 saturated heterocycles. The Kier molecular flexibility index (Phi) is 4.90. The number of ether oxygens (including phenoxy) is 1. The highest BCUT2D eigenvalue weighted by Crippen LogP contribution is 2.18. The summed E-state index contributed by atoms with van der Waals surface area (Å²) in [5.74, 6) is -0.855. The lowest BCUT2D eigenvalue weighted by atomic mass is 10.2. The van der Waals surface area contributed by atoms with Crippen LogP contribution in [-0.2, 0) is 26.4 Å². The van der Waals surface area contributed by atoms with E-state index in [-0.39, 0.29) is 30.1 Å². The quantitative estimate of drug-likeness (QED) is 0.722. The molecule has 0 aliphatic carbocycles. The predicted octanol–water partition coefficient (Wildman–Crippen LogP) is 0.217. The third-order valence-electron chi connectivity index (χ3n) is 3.79. The van der Waals surface area contributed by atoms with Crippen LogP contribution < -0.4 is 0 Å². The van der Waals surface area contributed by atoms with E-state index in [1.807, 2.05) is 0 Å². The molecule has 0 spiro atoms. The number of rotatable bonds is 5. The Labute approximate surface area is 129 Å². The van der Waals surface area contributed by atoms with Gasteiger partial charge in [0.25, 0.3) is 5.91 Å². The van der Waals surface area contributed by atoms with Crippen molar-refractivity contribution in [2.24, 2.45) is 7.05 Å². The molecule has 0 unspecified atom stereocenters. The summed E-state index contributed by atoms with van der Waals surface area (Å²) >= 11 is 0. The van der Waals surface area contributed by atoms with Gasteiger partial charge in [-0.2, -0.15) is 0 Å². The molecule has 0 saturated carbocycles. The Morgan fingerprint density at radius 3 is 2.68 bits per heavy atom. The summed E-state index contributed by atoms with van der Waals surface area (Å²) in [7, 11) is -1.35. The number of carbonyl (C=O) groups excluding carboxylic acids is 2. The molecule has 122 valence electrons. The average Bonchev–Trinajstić information content (AvgIpc) is 3.03. The maximum Gasteiger partial charge on any atom is 0.355 e. The fraction of sp³-hybridized carbons (Fsp3) is 0.571. The highest BCUT2D eigenvalue weighted by atomic mass is 32.2. The van der Waals surface area contributed by atoms with Crippen molar-refractivity contribution in [3.8, 4) is 0 Å². The van der Waals surface area contributed by atoms with Crippen molar-refractivity contribution in [3.63, 3.8) is 0 Å². The fourth-order valence-electron chi connectivity index (χ4n) is 2.62. The zero-order chi connectivity index (χ0) is 16.3. The number of esters is 1. The number of carbonyl (C=O) groups is 2. The molecule has 1 amide bonds. The molecular weight excluding hydrogens is 308 g/mol. The third kappa shape index (κ3) is 3.68. The molecule has 0 radical (unpaired) electrons. The number of aromatic nitrogens is 1. The largest absolute Gasteiger partial charge is 0.451 e. The van der Waals surface area contributed by atoms with Gasteiger partial charge < -0.3 is 14.2 Å². The number of amides is 1. The average molecular weight is 328 g/mol.